The lowest BCUT2D eigenvalue weighted by Gasteiger charge is -2.26. The summed E-state index contributed by atoms with van der Waals surface area (Å²) in [4.78, 5) is 27.3. The Morgan fingerprint density at radius 3 is 2.55 bits per heavy atom. The van der Waals surface area contributed by atoms with Gasteiger partial charge in [-0.05, 0) is 33.6 Å². The van der Waals surface area contributed by atoms with E-state index in [2.05, 4.69) is 21.8 Å². The first-order valence-electron chi connectivity index (χ1n) is 7.72. The molecule has 0 spiro atoms. The van der Waals surface area contributed by atoms with Gasteiger partial charge in [0.2, 0.25) is 5.91 Å². The summed E-state index contributed by atoms with van der Waals surface area (Å²) in [5.41, 5.74) is 7.16. The van der Waals surface area contributed by atoms with Crippen LogP contribution in [0.3, 0.4) is 0 Å². The van der Waals surface area contributed by atoms with Crippen LogP contribution in [0.2, 0.25) is 0 Å². The third-order valence-corrected chi connectivity index (χ3v) is 5.26. The summed E-state index contributed by atoms with van der Waals surface area (Å²) in [6, 6.07) is -0.357. The average Bonchev–Trinajstić information content (AvgIpc) is 2.74. The molecule has 2 rings (SSSR count). The Kier molecular flexibility index (Phi) is 5.50. The maximum absolute atomic E-state index is 11.9. The van der Waals surface area contributed by atoms with Crippen LogP contribution in [0.25, 0.3) is 0 Å². The van der Waals surface area contributed by atoms with Crippen molar-refractivity contribution in [3.05, 3.63) is 11.4 Å². The summed E-state index contributed by atoms with van der Waals surface area (Å²) in [6.07, 6.45) is 6.09. The van der Waals surface area contributed by atoms with Crippen molar-refractivity contribution in [3.63, 3.8) is 0 Å². The number of aromatic nitrogens is 2. The molecule has 0 aliphatic heterocycles. The molecular formula is C15H24N4O2S. The lowest BCUT2D eigenvalue weighted by Crippen LogP contribution is -2.39. The predicted molar refractivity (Wildman–Crippen MR) is 86.9 cm³/mol. The van der Waals surface area contributed by atoms with E-state index < -0.39 is 11.3 Å². The number of hydrogen-bond donors (Lipinski definition) is 2. The number of nitrogens with zero attached hydrogens (tertiary/aromatic N) is 2. The van der Waals surface area contributed by atoms with Crippen molar-refractivity contribution < 1.29 is 9.59 Å². The Balaban J connectivity index is 2.18. The van der Waals surface area contributed by atoms with Gasteiger partial charge < -0.3 is 10.3 Å². The van der Waals surface area contributed by atoms with Crippen molar-refractivity contribution in [2.24, 2.45) is 5.73 Å². The second-order valence-electron chi connectivity index (χ2n) is 5.84. The van der Waals surface area contributed by atoms with Gasteiger partial charge in [-0.1, -0.05) is 31.0 Å². The van der Waals surface area contributed by atoms with E-state index in [1.54, 1.807) is 6.92 Å². The number of urea groups is 1. The minimum atomic E-state index is -0.819. The molecule has 0 aromatic carbocycles. The van der Waals surface area contributed by atoms with E-state index in [4.69, 9.17) is 5.73 Å². The lowest BCUT2D eigenvalue weighted by molar-refractivity contribution is -0.119. The number of imidazole rings is 1. The molecule has 6 nitrogen and oxygen atoms in total. The highest BCUT2D eigenvalue weighted by molar-refractivity contribution is 8.00. The molecular weight excluding hydrogens is 300 g/mol. The second-order valence-corrected chi connectivity index (χ2v) is 7.15. The third-order valence-electron chi connectivity index (χ3n) is 4.19. The molecule has 0 saturated heterocycles. The van der Waals surface area contributed by atoms with E-state index in [1.165, 1.54) is 31.0 Å². The number of rotatable bonds is 4. The highest BCUT2D eigenvalue weighted by Crippen LogP contribution is 2.35. The maximum Gasteiger partial charge on any atom is 0.318 e. The number of thioether (sulfide) groups is 1. The molecule has 7 heteroatoms. The first-order chi connectivity index (χ1) is 10.4. The number of carbonyl (C=O) groups is 2. The van der Waals surface area contributed by atoms with Gasteiger partial charge in [0.15, 0.2) is 5.16 Å². The number of carbonyl (C=O) groups excluding carboxylic acids is 2. The van der Waals surface area contributed by atoms with Gasteiger partial charge in [-0.25, -0.2) is 9.78 Å². The summed E-state index contributed by atoms with van der Waals surface area (Å²) in [5.74, 6) is -0.383. The zero-order valence-electron chi connectivity index (χ0n) is 13.4. The van der Waals surface area contributed by atoms with Crippen LogP contribution >= 0.6 is 11.8 Å². The molecule has 1 fully saturated rings. The molecule has 1 atom stereocenters. The van der Waals surface area contributed by atoms with Gasteiger partial charge in [0, 0.05) is 11.7 Å². The second kappa shape index (κ2) is 7.17. The molecule has 1 aliphatic rings. The molecule has 0 radical (unpaired) electrons. The zero-order chi connectivity index (χ0) is 16.3. The van der Waals surface area contributed by atoms with Gasteiger partial charge in [0.1, 0.15) is 0 Å². The van der Waals surface area contributed by atoms with Gasteiger partial charge in [0.05, 0.1) is 10.9 Å². The first kappa shape index (κ1) is 16.9. The van der Waals surface area contributed by atoms with E-state index in [1.807, 2.05) is 6.92 Å². The Labute approximate surface area is 135 Å². The lowest BCUT2D eigenvalue weighted by atomic mass is 9.95. The number of imide groups is 1. The Hall–Kier alpha value is -1.50. The van der Waals surface area contributed by atoms with Crippen molar-refractivity contribution in [2.75, 3.05) is 0 Å². The van der Waals surface area contributed by atoms with Gasteiger partial charge in [-0.15, -0.1) is 0 Å². The number of nitrogens with two attached hydrogens (primary N) is 1. The molecule has 22 heavy (non-hydrogen) atoms. The minimum absolute atomic E-state index is 0.383. The van der Waals surface area contributed by atoms with Crippen LogP contribution in [0.1, 0.15) is 56.5 Å². The topological polar surface area (TPSA) is 90.0 Å². The zero-order valence-corrected chi connectivity index (χ0v) is 14.2. The van der Waals surface area contributed by atoms with E-state index in [-0.39, 0.29) is 5.91 Å². The Morgan fingerprint density at radius 1 is 1.32 bits per heavy atom. The summed E-state index contributed by atoms with van der Waals surface area (Å²) >= 11 is 1.38. The number of primary amides is 1. The Bertz CT molecular complexity index is 564. The van der Waals surface area contributed by atoms with Gasteiger partial charge in [0.25, 0.3) is 0 Å². The van der Waals surface area contributed by atoms with Crippen molar-refractivity contribution >= 4 is 23.7 Å². The fraction of sp³-hybridized carbons (Fsp3) is 0.667. The third kappa shape index (κ3) is 3.82. The highest BCUT2D eigenvalue weighted by atomic mass is 32.2. The van der Waals surface area contributed by atoms with Crippen LogP contribution in [-0.2, 0) is 4.79 Å². The number of hydrogen-bond acceptors (Lipinski definition) is 4. The van der Waals surface area contributed by atoms with Crippen LogP contribution in [0.15, 0.2) is 5.16 Å². The highest BCUT2D eigenvalue weighted by Gasteiger charge is 2.25. The summed E-state index contributed by atoms with van der Waals surface area (Å²) in [7, 11) is 0. The van der Waals surface area contributed by atoms with Crippen molar-refractivity contribution in [1.29, 1.82) is 0 Å². The predicted octanol–water partition coefficient (Wildman–Crippen LogP) is 2.68. The van der Waals surface area contributed by atoms with Crippen molar-refractivity contribution in [2.45, 2.75) is 69.3 Å². The molecule has 3 N–H and O–H groups in total. The SMILES string of the molecule is Cc1nc(S[C@H](C)C(=O)NC(N)=O)n(C2CCCCC2)c1C. The van der Waals surface area contributed by atoms with Gasteiger partial charge in [-0.2, -0.15) is 0 Å². The molecule has 1 aromatic rings. The van der Waals surface area contributed by atoms with E-state index in [9.17, 15) is 9.59 Å². The standard InChI is InChI=1S/C15H24N4O2S/c1-9-10(2)19(12-7-5-4-6-8-12)15(17-9)22-11(3)13(20)18-14(16)21/h11-12H,4-8H2,1-3H3,(H3,16,18,20,21)/t11-/m1/s1. The van der Waals surface area contributed by atoms with Crippen molar-refractivity contribution in [1.82, 2.24) is 14.9 Å². The quantitative estimate of drug-likeness (QED) is 0.833. The van der Waals surface area contributed by atoms with Gasteiger partial charge >= 0.3 is 6.03 Å². The van der Waals surface area contributed by atoms with Crippen LogP contribution in [-0.4, -0.2) is 26.7 Å². The summed E-state index contributed by atoms with van der Waals surface area (Å²) < 4.78 is 2.27. The van der Waals surface area contributed by atoms with Crippen LogP contribution in [0.5, 0.6) is 0 Å². The van der Waals surface area contributed by atoms with E-state index in [0.29, 0.717) is 6.04 Å². The number of amides is 3. The molecule has 1 aliphatic carbocycles. The smallest absolute Gasteiger partial charge is 0.318 e. The monoisotopic (exact) mass is 324 g/mol. The molecule has 122 valence electrons. The number of nitrogens with one attached hydrogen (secondary N) is 1. The first-order valence-corrected chi connectivity index (χ1v) is 8.60. The molecule has 3 amide bonds. The molecule has 0 bridgehead atoms. The number of aryl methyl sites for hydroxylation is 1. The molecule has 1 saturated carbocycles. The average molecular weight is 324 g/mol. The molecule has 1 heterocycles. The summed E-state index contributed by atoms with van der Waals surface area (Å²) in [6.45, 7) is 5.83. The van der Waals surface area contributed by atoms with Crippen LogP contribution < -0.4 is 11.1 Å². The van der Waals surface area contributed by atoms with E-state index in [0.717, 1.165) is 29.4 Å². The molecule has 0 unspecified atom stereocenters. The largest absolute Gasteiger partial charge is 0.351 e. The summed E-state index contributed by atoms with van der Waals surface area (Å²) in [5, 5.41) is 2.56. The van der Waals surface area contributed by atoms with E-state index >= 15 is 0 Å². The van der Waals surface area contributed by atoms with Crippen molar-refractivity contribution in [3.8, 4) is 0 Å². The van der Waals surface area contributed by atoms with Crippen LogP contribution in [0, 0.1) is 13.8 Å². The normalized spacial score (nSPS) is 17.2. The fourth-order valence-corrected chi connectivity index (χ4v) is 3.95. The minimum Gasteiger partial charge on any atom is -0.351 e. The Morgan fingerprint density at radius 2 is 1.95 bits per heavy atom. The maximum atomic E-state index is 11.9. The fourth-order valence-electron chi connectivity index (χ4n) is 2.88. The van der Waals surface area contributed by atoms with Crippen LogP contribution in [0.4, 0.5) is 4.79 Å². The van der Waals surface area contributed by atoms with Gasteiger partial charge in [-0.3, -0.25) is 10.1 Å². The molecule has 1 aromatic heterocycles.